The Kier molecular flexibility index (Phi) is 1.98. The lowest BCUT2D eigenvalue weighted by molar-refractivity contribution is 0.933. The van der Waals surface area contributed by atoms with Crippen molar-refractivity contribution >= 4 is 44.8 Å². The van der Waals surface area contributed by atoms with Crippen molar-refractivity contribution in [1.82, 2.24) is 14.6 Å². The molecule has 6 heteroatoms. The first kappa shape index (κ1) is 8.29. The maximum absolute atomic E-state index is 5.78. The van der Waals surface area contributed by atoms with Crippen molar-refractivity contribution in [3.05, 3.63) is 27.0 Å². The van der Waals surface area contributed by atoms with Crippen LogP contribution in [0.5, 0.6) is 0 Å². The summed E-state index contributed by atoms with van der Waals surface area (Å²) in [4.78, 5) is 4.02. The molecule has 0 aliphatic carbocycles. The highest BCUT2D eigenvalue weighted by atomic mass is 79.9. The Morgan fingerprint density at radius 3 is 2.92 bits per heavy atom. The first-order valence-electron chi connectivity index (χ1n) is 3.04. The zero-order chi connectivity index (χ0) is 8.72. The molecule has 0 atom stereocenters. The van der Waals surface area contributed by atoms with Crippen LogP contribution >= 0.6 is 39.1 Å². The van der Waals surface area contributed by atoms with Crippen LogP contribution in [0.25, 0.3) is 5.65 Å². The van der Waals surface area contributed by atoms with Crippen molar-refractivity contribution in [3.63, 3.8) is 0 Å². The van der Waals surface area contributed by atoms with Gasteiger partial charge in [0, 0.05) is 0 Å². The van der Waals surface area contributed by atoms with E-state index < -0.39 is 0 Å². The highest BCUT2D eigenvalue weighted by Gasteiger charge is 2.06. The standard InChI is InChI=1S/C6H2BrCl2N3/c7-3-1-4(8)11-12-5(9)2-10-6(3)12/h1-2H. The summed E-state index contributed by atoms with van der Waals surface area (Å²) in [6.07, 6.45) is 1.52. The van der Waals surface area contributed by atoms with Gasteiger partial charge in [0.2, 0.25) is 0 Å². The molecule has 0 spiro atoms. The summed E-state index contributed by atoms with van der Waals surface area (Å²) in [5.74, 6) is 0. The second kappa shape index (κ2) is 2.87. The molecule has 0 aliphatic rings. The number of fused-ring (bicyclic) bond motifs is 1. The fraction of sp³-hybridized carbons (Fsp3) is 0. The van der Waals surface area contributed by atoms with Crippen LogP contribution in [0, 0.1) is 0 Å². The molecule has 3 nitrogen and oxygen atoms in total. The Labute approximate surface area is 86.4 Å². The minimum absolute atomic E-state index is 0.370. The molecule has 0 amide bonds. The van der Waals surface area contributed by atoms with Gasteiger partial charge in [-0.2, -0.15) is 9.61 Å². The molecular formula is C6H2BrCl2N3. The summed E-state index contributed by atoms with van der Waals surface area (Å²) >= 11 is 14.8. The third-order valence-corrected chi connectivity index (χ3v) is 2.38. The van der Waals surface area contributed by atoms with Gasteiger partial charge in [0.25, 0.3) is 0 Å². The molecule has 0 saturated heterocycles. The monoisotopic (exact) mass is 265 g/mol. The van der Waals surface area contributed by atoms with Gasteiger partial charge in [-0.3, -0.25) is 0 Å². The van der Waals surface area contributed by atoms with Crippen LogP contribution in [-0.4, -0.2) is 14.6 Å². The molecule has 12 heavy (non-hydrogen) atoms. The van der Waals surface area contributed by atoms with Crippen molar-refractivity contribution in [3.8, 4) is 0 Å². The summed E-state index contributed by atoms with van der Waals surface area (Å²) in [6.45, 7) is 0. The van der Waals surface area contributed by atoms with Gasteiger partial charge in [0.15, 0.2) is 16.0 Å². The minimum atomic E-state index is 0.370. The van der Waals surface area contributed by atoms with Gasteiger partial charge < -0.3 is 0 Å². The van der Waals surface area contributed by atoms with E-state index >= 15 is 0 Å². The first-order valence-corrected chi connectivity index (χ1v) is 4.58. The molecule has 0 N–H and O–H groups in total. The van der Waals surface area contributed by atoms with Gasteiger partial charge in [-0.1, -0.05) is 23.2 Å². The number of aromatic nitrogens is 3. The van der Waals surface area contributed by atoms with E-state index in [-0.39, 0.29) is 0 Å². The van der Waals surface area contributed by atoms with Crippen LogP contribution in [0.2, 0.25) is 10.3 Å². The molecule has 0 fully saturated rings. The average molecular weight is 267 g/mol. The normalized spacial score (nSPS) is 10.9. The third-order valence-electron chi connectivity index (χ3n) is 1.35. The van der Waals surface area contributed by atoms with Gasteiger partial charge >= 0.3 is 0 Å². The minimum Gasteiger partial charge on any atom is -0.233 e. The van der Waals surface area contributed by atoms with E-state index in [9.17, 15) is 0 Å². The molecule has 2 heterocycles. The molecule has 2 aromatic rings. The summed E-state index contributed by atoms with van der Waals surface area (Å²) in [6, 6.07) is 1.67. The largest absolute Gasteiger partial charge is 0.233 e. The zero-order valence-electron chi connectivity index (χ0n) is 5.63. The highest BCUT2D eigenvalue weighted by molar-refractivity contribution is 9.10. The number of hydrogen-bond donors (Lipinski definition) is 0. The van der Waals surface area contributed by atoms with Crippen LogP contribution < -0.4 is 0 Å². The quantitative estimate of drug-likeness (QED) is 0.734. The topological polar surface area (TPSA) is 30.2 Å². The fourth-order valence-corrected chi connectivity index (χ4v) is 1.85. The zero-order valence-corrected chi connectivity index (χ0v) is 8.73. The second-order valence-electron chi connectivity index (χ2n) is 2.13. The van der Waals surface area contributed by atoms with Crippen LogP contribution in [-0.2, 0) is 0 Å². The maximum Gasteiger partial charge on any atom is 0.169 e. The van der Waals surface area contributed by atoms with Crippen LogP contribution in [0.4, 0.5) is 0 Å². The first-order chi connectivity index (χ1) is 5.68. The smallest absolute Gasteiger partial charge is 0.169 e. The summed E-state index contributed by atoms with van der Waals surface area (Å²) < 4.78 is 2.24. The van der Waals surface area contributed by atoms with Crippen molar-refractivity contribution in [2.75, 3.05) is 0 Å². The van der Waals surface area contributed by atoms with E-state index in [0.29, 0.717) is 16.0 Å². The lowest BCUT2D eigenvalue weighted by Crippen LogP contribution is -1.92. The molecule has 0 unspecified atom stereocenters. The Balaban J connectivity index is 2.92. The molecule has 62 valence electrons. The maximum atomic E-state index is 5.78. The average Bonchev–Trinajstić information content (AvgIpc) is 2.33. The van der Waals surface area contributed by atoms with Gasteiger partial charge in [-0.15, -0.1) is 0 Å². The summed E-state index contributed by atoms with van der Waals surface area (Å²) in [5.41, 5.74) is 0.657. The van der Waals surface area contributed by atoms with E-state index in [1.54, 1.807) is 6.07 Å². The Hall–Kier alpha value is -0.320. The predicted octanol–water partition coefficient (Wildman–Crippen LogP) is 2.80. The predicted molar refractivity (Wildman–Crippen MR) is 50.7 cm³/mol. The van der Waals surface area contributed by atoms with E-state index in [2.05, 4.69) is 26.0 Å². The van der Waals surface area contributed by atoms with E-state index in [0.717, 1.165) is 4.47 Å². The molecule has 0 aliphatic heterocycles. The van der Waals surface area contributed by atoms with Crippen molar-refractivity contribution < 1.29 is 0 Å². The highest BCUT2D eigenvalue weighted by Crippen LogP contribution is 2.21. The molecule has 0 saturated carbocycles. The van der Waals surface area contributed by atoms with Crippen molar-refractivity contribution in [1.29, 1.82) is 0 Å². The van der Waals surface area contributed by atoms with Crippen LogP contribution in [0.15, 0.2) is 16.7 Å². The number of imidazole rings is 1. The molecular weight excluding hydrogens is 265 g/mol. The Morgan fingerprint density at radius 1 is 1.42 bits per heavy atom. The van der Waals surface area contributed by atoms with Gasteiger partial charge in [0.1, 0.15) is 0 Å². The SMILES string of the molecule is Clc1cc(Br)c2ncc(Cl)n2n1. The number of hydrogen-bond acceptors (Lipinski definition) is 2. The van der Waals surface area contributed by atoms with E-state index in [1.165, 1.54) is 10.7 Å². The lowest BCUT2D eigenvalue weighted by atomic mass is 10.6. The van der Waals surface area contributed by atoms with Crippen molar-refractivity contribution in [2.24, 2.45) is 0 Å². The van der Waals surface area contributed by atoms with Crippen LogP contribution in [0.3, 0.4) is 0 Å². The fourth-order valence-electron chi connectivity index (χ4n) is 0.876. The number of rotatable bonds is 0. The summed E-state index contributed by atoms with van der Waals surface area (Å²) in [5, 5.41) is 4.76. The van der Waals surface area contributed by atoms with Gasteiger partial charge in [-0.25, -0.2) is 4.98 Å². The van der Waals surface area contributed by atoms with E-state index in [4.69, 9.17) is 23.2 Å². The molecule has 2 rings (SSSR count). The third kappa shape index (κ3) is 1.20. The van der Waals surface area contributed by atoms with Gasteiger partial charge in [-0.05, 0) is 22.0 Å². The number of nitrogens with zero attached hydrogens (tertiary/aromatic N) is 3. The summed E-state index contributed by atoms with van der Waals surface area (Å²) in [7, 11) is 0. The number of halogens is 3. The van der Waals surface area contributed by atoms with Gasteiger partial charge in [0.05, 0.1) is 10.7 Å². The van der Waals surface area contributed by atoms with Crippen LogP contribution in [0.1, 0.15) is 0 Å². The molecule has 0 aromatic carbocycles. The lowest BCUT2D eigenvalue weighted by Gasteiger charge is -1.96. The second-order valence-corrected chi connectivity index (χ2v) is 3.76. The Morgan fingerprint density at radius 2 is 2.17 bits per heavy atom. The molecule has 0 bridgehead atoms. The van der Waals surface area contributed by atoms with Crippen molar-refractivity contribution in [2.45, 2.75) is 0 Å². The molecule has 0 radical (unpaired) electrons. The van der Waals surface area contributed by atoms with E-state index in [1.807, 2.05) is 0 Å². The molecule has 2 aromatic heterocycles. The Bertz CT molecular complexity index is 440.